The van der Waals surface area contributed by atoms with Gasteiger partial charge in [0.1, 0.15) is 23.4 Å². The predicted octanol–water partition coefficient (Wildman–Crippen LogP) is 5.19. The number of aliphatic hydroxyl groups is 1. The highest BCUT2D eigenvalue weighted by atomic mass is 19.4. The van der Waals surface area contributed by atoms with E-state index in [1.165, 1.54) is 11.0 Å². The Morgan fingerprint density at radius 1 is 1.13 bits per heavy atom. The normalized spacial score (nSPS) is 24.0. The van der Waals surface area contributed by atoms with Crippen molar-refractivity contribution >= 4 is 11.8 Å². The van der Waals surface area contributed by atoms with Gasteiger partial charge in [-0.05, 0) is 55.4 Å². The van der Waals surface area contributed by atoms with Crippen LogP contribution in [-0.4, -0.2) is 45.5 Å². The maximum absolute atomic E-state index is 14.9. The molecule has 212 valence electrons. The van der Waals surface area contributed by atoms with E-state index in [2.05, 4.69) is 10.3 Å². The van der Waals surface area contributed by atoms with Crippen LogP contribution in [0.4, 0.5) is 30.7 Å². The maximum Gasteiger partial charge on any atom is 0.419 e. The Morgan fingerprint density at radius 2 is 1.82 bits per heavy atom. The number of benzene rings is 1. The zero-order chi connectivity index (χ0) is 28.6. The average Bonchev–Trinajstić information content (AvgIpc) is 3.30. The molecule has 6 nitrogen and oxygen atoms in total. The molecule has 2 N–H and O–H groups in total. The number of aliphatic hydroxyl groups excluding tert-OH is 1. The lowest BCUT2D eigenvalue weighted by atomic mass is 9.74. The first kappa shape index (κ1) is 28.8. The van der Waals surface area contributed by atoms with Gasteiger partial charge in [-0.25, -0.2) is 17.6 Å². The number of hydrogen-bond donors (Lipinski definition) is 2. The number of aromatic nitrogens is 1. The number of hydrogen-bond acceptors (Lipinski definition) is 4. The van der Waals surface area contributed by atoms with Gasteiger partial charge in [-0.2, -0.15) is 13.2 Å². The van der Waals surface area contributed by atoms with Gasteiger partial charge in [-0.1, -0.05) is 13.3 Å². The molecule has 1 aliphatic heterocycles. The molecule has 1 aromatic heterocycles. The number of carbonyl (C=O) groups is 2. The lowest BCUT2D eigenvalue weighted by molar-refractivity contribution is -0.140. The van der Waals surface area contributed by atoms with Gasteiger partial charge in [0, 0.05) is 23.9 Å². The summed E-state index contributed by atoms with van der Waals surface area (Å²) >= 11 is 0. The van der Waals surface area contributed by atoms with E-state index in [9.17, 15) is 45.4 Å². The molecule has 1 aromatic carbocycles. The molecule has 39 heavy (non-hydrogen) atoms. The van der Waals surface area contributed by atoms with Gasteiger partial charge in [-0.3, -0.25) is 14.6 Å². The zero-order valence-corrected chi connectivity index (χ0v) is 20.7. The molecule has 13 heteroatoms. The Kier molecular flexibility index (Phi) is 8.20. The number of rotatable bonds is 7. The summed E-state index contributed by atoms with van der Waals surface area (Å²) in [4.78, 5) is 31.5. The molecule has 2 aliphatic rings. The highest BCUT2D eigenvalue weighted by Gasteiger charge is 2.44. The monoisotopic (exact) mass is 561 g/mol. The third-order valence-electron chi connectivity index (χ3n) is 7.43. The lowest BCUT2D eigenvalue weighted by Crippen LogP contribution is -2.49. The van der Waals surface area contributed by atoms with E-state index < -0.39 is 77.0 Å². The molecular formula is C26H26F7N3O3. The third kappa shape index (κ3) is 6.02. The SMILES string of the molecule is CC[C@@H]1C[C@H](C(=O)N[C@@H](c2cc(F)c(C(F)(F)F)cc2F)[C@H]2C[C@H](O)C2)N(C(=O)c2ccnc(C(F)F)c2)C1. The van der Waals surface area contributed by atoms with Crippen LogP contribution in [0.3, 0.4) is 0 Å². The fraction of sp³-hybridized carbons (Fsp3) is 0.500. The van der Waals surface area contributed by atoms with Crippen LogP contribution in [0.5, 0.6) is 0 Å². The van der Waals surface area contributed by atoms with Crippen LogP contribution in [-0.2, 0) is 11.0 Å². The van der Waals surface area contributed by atoms with E-state index in [1.807, 2.05) is 6.92 Å². The van der Waals surface area contributed by atoms with Crippen LogP contribution in [0.25, 0.3) is 0 Å². The fourth-order valence-electron chi connectivity index (χ4n) is 5.18. The Balaban J connectivity index is 1.63. The van der Waals surface area contributed by atoms with Crippen molar-refractivity contribution in [3.05, 3.63) is 64.5 Å². The first-order chi connectivity index (χ1) is 18.3. The molecule has 1 saturated carbocycles. The number of likely N-dealkylation sites (tertiary alicyclic amines) is 1. The first-order valence-corrected chi connectivity index (χ1v) is 12.4. The summed E-state index contributed by atoms with van der Waals surface area (Å²) in [5.41, 5.74) is -3.02. The van der Waals surface area contributed by atoms with Crippen molar-refractivity contribution in [2.24, 2.45) is 11.8 Å². The van der Waals surface area contributed by atoms with E-state index in [-0.39, 0.29) is 43.4 Å². The van der Waals surface area contributed by atoms with Gasteiger partial charge in [0.25, 0.3) is 12.3 Å². The third-order valence-corrected chi connectivity index (χ3v) is 7.43. The second-order valence-electron chi connectivity index (χ2n) is 9.98. The summed E-state index contributed by atoms with van der Waals surface area (Å²) in [6, 6.07) is 0.216. The molecule has 3 atom stereocenters. The summed E-state index contributed by atoms with van der Waals surface area (Å²) in [6.07, 6.45) is -6.81. The van der Waals surface area contributed by atoms with Crippen LogP contribution in [0, 0.1) is 23.5 Å². The van der Waals surface area contributed by atoms with Crippen LogP contribution in [0.2, 0.25) is 0 Å². The number of nitrogens with zero attached hydrogens (tertiary/aromatic N) is 2. The van der Waals surface area contributed by atoms with E-state index in [4.69, 9.17) is 0 Å². The predicted molar refractivity (Wildman–Crippen MR) is 123 cm³/mol. The van der Waals surface area contributed by atoms with Crippen molar-refractivity contribution in [2.45, 2.75) is 63.4 Å². The molecule has 2 fully saturated rings. The molecule has 0 bridgehead atoms. The van der Waals surface area contributed by atoms with E-state index in [0.717, 1.165) is 12.3 Å². The van der Waals surface area contributed by atoms with E-state index in [1.54, 1.807) is 0 Å². The molecular weight excluding hydrogens is 535 g/mol. The van der Waals surface area contributed by atoms with Crippen molar-refractivity contribution in [3.8, 4) is 0 Å². The number of alkyl halides is 5. The van der Waals surface area contributed by atoms with Gasteiger partial charge >= 0.3 is 6.18 Å². The van der Waals surface area contributed by atoms with Gasteiger partial charge in [-0.15, -0.1) is 0 Å². The van der Waals surface area contributed by atoms with Crippen LogP contribution >= 0.6 is 0 Å². The number of nitrogens with one attached hydrogen (secondary N) is 1. The average molecular weight is 561 g/mol. The quantitative estimate of drug-likeness (QED) is 0.457. The van der Waals surface area contributed by atoms with Crippen molar-refractivity contribution in [1.82, 2.24) is 15.2 Å². The van der Waals surface area contributed by atoms with E-state index >= 15 is 0 Å². The standard InChI is InChI=1S/C26H26F7N3O3/c1-2-12-5-21(36(11-12)25(39)13-3-4-34-20(8-13)23(29)30)24(38)35-22(14-6-15(37)7-14)16-9-19(28)17(10-18(16)27)26(31,32)33/h3-4,8-10,12,14-15,21-23,37H,2,5-7,11H2,1H3,(H,35,38)/t12-,14-,15-,21-,22-/m1/s1. The Labute approximate surface area is 219 Å². The minimum atomic E-state index is -5.13. The largest absolute Gasteiger partial charge is 0.419 e. The smallest absolute Gasteiger partial charge is 0.393 e. The minimum Gasteiger partial charge on any atom is -0.393 e. The maximum atomic E-state index is 14.9. The van der Waals surface area contributed by atoms with Gasteiger partial charge in [0.05, 0.1) is 17.7 Å². The molecule has 0 spiro atoms. The number of halogens is 7. The summed E-state index contributed by atoms with van der Waals surface area (Å²) < 4.78 is 94.7. The number of carbonyl (C=O) groups excluding carboxylic acids is 2. The molecule has 2 aromatic rings. The molecule has 4 rings (SSSR count). The molecule has 2 amide bonds. The van der Waals surface area contributed by atoms with Crippen LogP contribution in [0.1, 0.15) is 72.3 Å². The Hall–Kier alpha value is -3.22. The van der Waals surface area contributed by atoms with E-state index in [0.29, 0.717) is 12.5 Å². The van der Waals surface area contributed by atoms with Crippen LogP contribution < -0.4 is 5.32 Å². The first-order valence-electron chi connectivity index (χ1n) is 12.4. The number of amides is 2. The topological polar surface area (TPSA) is 82.5 Å². The Morgan fingerprint density at radius 3 is 2.41 bits per heavy atom. The van der Waals surface area contributed by atoms with Crippen molar-refractivity contribution in [1.29, 1.82) is 0 Å². The van der Waals surface area contributed by atoms with Crippen molar-refractivity contribution < 1.29 is 45.4 Å². The molecule has 1 saturated heterocycles. The molecule has 1 aliphatic carbocycles. The second kappa shape index (κ2) is 11.1. The fourth-order valence-corrected chi connectivity index (χ4v) is 5.18. The molecule has 0 radical (unpaired) electrons. The molecule has 0 unspecified atom stereocenters. The highest BCUT2D eigenvalue weighted by molar-refractivity contribution is 5.98. The van der Waals surface area contributed by atoms with Crippen LogP contribution in [0.15, 0.2) is 30.5 Å². The lowest BCUT2D eigenvalue weighted by Gasteiger charge is -2.39. The van der Waals surface area contributed by atoms with Gasteiger partial charge in [0.15, 0.2) is 0 Å². The second-order valence-corrected chi connectivity index (χ2v) is 9.98. The van der Waals surface area contributed by atoms with Crippen molar-refractivity contribution in [3.63, 3.8) is 0 Å². The number of pyridine rings is 1. The zero-order valence-electron chi connectivity index (χ0n) is 20.7. The summed E-state index contributed by atoms with van der Waals surface area (Å²) in [6.45, 7) is 1.98. The summed E-state index contributed by atoms with van der Waals surface area (Å²) in [7, 11) is 0. The highest BCUT2D eigenvalue weighted by Crippen LogP contribution is 2.41. The Bertz CT molecular complexity index is 1230. The summed E-state index contributed by atoms with van der Waals surface area (Å²) in [5, 5.41) is 12.3. The summed E-state index contributed by atoms with van der Waals surface area (Å²) in [5.74, 6) is -5.26. The van der Waals surface area contributed by atoms with Crippen molar-refractivity contribution in [2.75, 3.05) is 6.54 Å². The minimum absolute atomic E-state index is 0.0292. The van der Waals surface area contributed by atoms with Gasteiger partial charge < -0.3 is 15.3 Å². The molecule has 2 heterocycles. The van der Waals surface area contributed by atoms with Gasteiger partial charge in [0.2, 0.25) is 5.91 Å².